The number of nitrogens with zero attached hydrogens (tertiary/aromatic N) is 4. The van der Waals surface area contributed by atoms with Gasteiger partial charge in [-0.3, -0.25) is 9.59 Å². The minimum absolute atomic E-state index is 0.00391. The molecule has 10 nitrogen and oxygen atoms in total. The zero-order chi connectivity index (χ0) is 27.6. The summed E-state index contributed by atoms with van der Waals surface area (Å²) in [5.41, 5.74) is 1.30. The van der Waals surface area contributed by atoms with Gasteiger partial charge in [0.15, 0.2) is 5.65 Å². The summed E-state index contributed by atoms with van der Waals surface area (Å²) in [5, 5.41) is 7.90. The van der Waals surface area contributed by atoms with E-state index in [1.54, 1.807) is 0 Å². The molecule has 0 spiro atoms. The Labute approximate surface area is 227 Å². The van der Waals surface area contributed by atoms with E-state index in [-0.39, 0.29) is 17.1 Å². The Morgan fingerprint density at radius 3 is 2.46 bits per heavy atom. The third-order valence-corrected chi connectivity index (χ3v) is 8.03. The number of carbonyl (C=O) groups is 2. The first-order chi connectivity index (χ1) is 18.7. The van der Waals surface area contributed by atoms with E-state index in [1.807, 2.05) is 40.0 Å². The largest absolute Gasteiger partial charge is 0.360 e. The summed E-state index contributed by atoms with van der Waals surface area (Å²) in [4.78, 5) is 32.8. The number of sulfonamides is 1. The van der Waals surface area contributed by atoms with Gasteiger partial charge < -0.3 is 10.2 Å². The Kier molecular flexibility index (Phi) is 7.26. The topological polar surface area (TPSA) is 126 Å². The van der Waals surface area contributed by atoms with Gasteiger partial charge in [-0.15, -0.1) is 0 Å². The molecule has 39 heavy (non-hydrogen) atoms. The fraction of sp³-hybridized carbons (Fsp3) is 0.357. The van der Waals surface area contributed by atoms with Crippen molar-refractivity contribution in [3.8, 4) is 0 Å². The molecule has 11 heteroatoms. The number of anilines is 1. The lowest BCUT2D eigenvalue weighted by atomic mass is 9.88. The van der Waals surface area contributed by atoms with Crippen molar-refractivity contribution in [1.82, 2.24) is 24.2 Å². The lowest BCUT2D eigenvalue weighted by molar-refractivity contribution is 0.0712. The highest BCUT2D eigenvalue weighted by Gasteiger charge is 2.32. The first-order valence-corrected chi connectivity index (χ1v) is 14.9. The van der Waals surface area contributed by atoms with Crippen LogP contribution >= 0.6 is 0 Å². The SMILES string of the molecule is CCC1(Nc2c(C(=O)N3CCC(c4ccccc4)CC3)cnc3c(C(=O)NS(C)(=O)=O)cnn23)C=CC=CC1. The Morgan fingerprint density at radius 2 is 1.82 bits per heavy atom. The lowest BCUT2D eigenvalue weighted by Crippen LogP contribution is -2.41. The molecule has 2 N–H and O–H groups in total. The lowest BCUT2D eigenvalue weighted by Gasteiger charge is -2.35. The molecular formula is C28H32N6O4S. The minimum atomic E-state index is -3.78. The second-order valence-corrected chi connectivity index (χ2v) is 11.9. The van der Waals surface area contributed by atoms with Crippen molar-refractivity contribution in [2.45, 2.75) is 44.1 Å². The van der Waals surface area contributed by atoms with Crippen LogP contribution in [-0.2, 0) is 10.0 Å². The van der Waals surface area contributed by atoms with Gasteiger partial charge in [0.2, 0.25) is 10.0 Å². The van der Waals surface area contributed by atoms with E-state index in [4.69, 9.17) is 0 Å². The van der Waals surface area contributed by atoms with Crippen LogP contribution < -0.4 is 10.0 Å². The quantitative estimate of drug-likeness (QED) is 0.463. The van der Waals surface area contributed by atoms with Crippen LogP contribution in [0.25, 0.3) is 5.65 Å². The van der Waals surface area contributed by atoms with Crippen molar-refractivity contribution in [2.24, 2.45) is 0 Å². The van der Waals surface area contributed by atoms with Crippen molar-refractivity contribution in [3.63, 3.8) is 0 Å². The fourth-order valence-electron chi connectivity index (χ4n) is 5.25. The van der Waals surface area contributed by atoms with Gasteiger partial charge >= 0.3 is 0 Å². The van der Waals surface area contributed by atoms with E-state index in [0.29, 0.717) is 36.8 Å². The Morgan fingerprint density at radius 1 is 1.08 bits per heavy atom. The molecule has 1 unspecified atom stereocenters. The van der Waals surface area contributed by atoms with Crippen LogP contribution in [0.15, 0.2) is 67.0 Å². The number of piperidine rings is 1. The molecule has 204 valence electrons. The number of fused-ring (bicyclic) bond motifs is 1. The number of amides is 2. The Bertz CT molecular complexity index is 1560. The van der Waals surface area contributed by atoms with Gasteiger partial charge in [0.05, 0.1) is 18.0 Å². The molecule has 1 aromatic carbocycles. The maximum Gasteiger partial charge on any atom is 0.270 e. The van der Waals surface area contributed by atoms with E-state index in [1.165, 1.54) is 22.5 Å². The van der Waals surface area contributed by atoms with E-state index in [0.717, 1.165) is 25.5 Å². The molecule has 1 aliphatic carbocycles. The number of allylic oxidation sites excluding steroid dienone is 2. The first-order valence-electron chi connectivity index (χ1n) is 13.1. The van der Waals surface area contributed by atoms with Crippen LogP contribution in [-0.4, -0.2) is 64.6 Å². The van der Waals surface area contributed by atoms with E-state index in [9.17, 15) is 18.0 Å². The third-order valence-electron chi connectivity index (χ3n) is 7.48. The summed E-state index contributed by atoms with van der Waals surface area (Å²) in [6.45, 7) is 3.27. The minimum Gasteiger partial charge on any atom is -0.360 e. The van der Waals surface area contributed by atoms with Crippen LogP contribution in [0.2, 0.25) is 0 Å². The molecule has 3 aromatic rings. The normalized spacial score (nSPS) is 19.8. The van der Waals surface area contributed by atoms with Crippen LogP contribution in [0.3, 0.4) is 0 Å². The van der Waals surface area contributed by atoms with E-state index in [2.05, 4.69) is 46.6 Å². The van der Waals surface area contributed by atoms with Crippen LogP contribution in [0, 0.1) is 0 Å². The number of benzene rings is 1. The summed E-state index contributed by atoms with van der Waals surface area (Å²) in [6.07, 6.45) is 14.8. The van der Waals surface area contributed by atoms with Gasteiger partial charge in [-0.05, 0) is 37.2 Å². The maximum absolute atomic E-state index is 13.9. The highest BCUT2D eigenvalue weighted by Crippen LogP contribution is 2.32. The molecule has 1 atom stereocenters. The Balaban J connectivity index is 1.50. The summed E-state index contributed by atoms with van der Waals surface area (Å²) >= 11 is 0. The molecule has 5 rings (SSSR count). The predicted octanol–water partition coefficient (Wildman–Crippen LogP) is 3.52. The van der Waals surface area contributed by atoms with Crippen LogP contribution in [0.4, 0.5) is 5.82 Å². The highest BCUT2D eigenvalue weighted by atomic mass is 32.2. The maximum atomic E-state index is 13.9. The van der Waals surface area contributed by atoms with Crippen molar-refractivity contribution < 1.29 is 18.0 Å². The summed E-state index contributed by atoms with van der Waals surface area (Å²) in [6, 6.07) is 10.4. The molecule has 3 heterocycles. The zero-order valence-corrected chi connectivity index (χ0v) is 22.8. The molecule has 0 radical (unpaired) electrons. The smallest absolute Gasteiger partial charge is 0.270 e. The molecule has 2 amide bonds. The number of aromatic nitrogens is 3. The summed E-state index contributed by atoms with van der Waals surface area (Å²) in [7, 11) is -3.78. The standard InChI is InChI=1S/C28H32N6O4S/c1-3-28(14-8-5-9-15-28)31-25-23(18-29-24-22(19-30-34(24)25)26(35)32-39(2,37)38)27(36)33-16-12-21(13-17-33)20-10-6-4-7-11-20/h4-11,14,18-19,21,31H,3,12-13,15-17H2,1-2H3,(H,32,35). The molecule has 2 aliphatic rings. The van der Waals surface area contributed by atoms with Gasteiger partial charge in [0.25, 0.3) is 11.8 Å². The predicted molar refractivity (Wildman–Crippen MR) is 149 cm³/mol. The van der Waals surface area contributed by atoms with Crippen LogP contribution in [0.1, 0.15) is 64.8 Å². The van der Waals surface area contributed by atoms with Gasteiger partial charge in [0, 0.05) is 19.3 Å². The van der Waals surface area contributed by atoms with Crippen LogP contribution in [0.5, 0.6) is 0 Å². The number of carbonyl (C=O) groups excluding carboxylic acids is 2. The molecule has 1 saturated heterocycles. The molecule has 1 fully saturated rings. The van der Waals surface area contributed by atoms with Crippen molar-refractivity contribution in [1.29, 1.82) is 0 Å². The zero-order valence-electron chi connectivity index (χ0n) is 22.0. The van der Waals surface area contributed by atoms with Gasteiger partial charge in [-0.2, -0.15) is 9.61 Å². The van der Waals surface area contributed by atoms with Gasteiger partial charge in [0.1, 0.15) is 16.9 Å². The molecule has 0 saturated carbocycles. The van der Waals surface area contributed by atoms with Crippen molar-refractivity contribution >= 4 is 33.3 Å². The summed E-state index contributed by atoms with van der Waals surface area (Å²) in [5.74, 6) is -0.190. The van der Waals surface area contributed by atoms with E-state index >= 15 is 0 Å². The monoisotopic (exact) mass is 548 g/mol. The second-order valence-electron chi connectivity index (χ2n) is 10.1. The number of hydrogen-bond donors (Lipinski definition) is 2. The van der Waals surface area contributed by atoms with Gasteiger partial charge in [-0.25, -0.2) is 18.1 Å². The molecule has 2 aromatic heterocycles. The van der Waals surface area contributed by atoms with Gasteiger partial charge in [-0.1, -0.05) is 61.6 Å². The number of hydrogen-bond acceptors (Lipinski definition) is 7. The third kappa shape index (κ3) is 5.58. The molecule has 1 aliphatic heterocycles. The number of rotatable bonds is 7. The second kappa shape index (κ2) is 10.6. The van der Waals surface area contributed by atoms with E-state index < -0.39 is 21.5 Å². The number of likely N-dealkylation sites (tertiary alicyclic amines) is 1. The average molecular weight is 549 g/mol. The average Bonchev–Trinajstić information content (AvgIpc) is 3.38. The highest BCUT2D eigenvalue weighted by molar-refractivity contribution is 7.89. The molecule has 0 bridgehead atoms. The summed E-state index contributed by atoms with van der Waals surface area (Å²) < 4.78 is 26.7. The van der Waals surface area contributed by atoms with Crippen molar-refractivity contribution in [3.05, 3.63) is 83.7 Å². The fourth-order valence-corrected chi connectivity index (χ4v) is 5.69. The van der Waals surface area contributed by atoms with Crippen molar-refractivity contribution in [2.75, 3.05) is 24.7 Å². The first kappa shape index (κ1) is 26.6. The molecular weight excluding hydrogens is 516 g/mol. The number of nitrogens with one attached hydrogen (secondary N) is 2. The Hall–Kier alpha value is -3.99.